The molecule has 4 rings (SSSR count). The summed E-state index contributed by atoms with van der Waals surface area (Å²) in [5, 5.41) is 0. The zero-order chi connectivity index (χ0) is 17.4. The molecule has 3 heterocycles. The zero-order valence-corrected chi connectivity index (χ0v) is 14.3. The number of carbonyl (C=O) groups excluding carboxylic acids is 2. The fraction of sp³-hybridized carbons (Fsp3) is 0.421. The number of hydrogen-bond acceptors (Lipinski definition) is 3. The van der Waals surface area contributed by atoms with E-state index in [0.29, 0.717) is 13.0 Å². The van der Waals surface area contributed by atoms with Crippen LogP contribution in [0.2, 0.25) is 0 Å². The lowest BCUT2D eigenvalue weighted by Gasteiger charge is -2.28. The van der Waals surface area contributed by atoms with Crippen molar-refractivity contribution in [2.75, 3.05) is 13.6 Å². The van der Waals surface area contributed by atoms with Crippen molar-refractivity contribution in [1.82, 2.24) is 19.4 Å². The number of imidazole rings is 1. The first-order valence-corrected chi connectivity index (χ1v) is 8.75. The van der Waals surface area contributed by atoms with Crippen LogP contribution in [0.1, 0.15) is 19.3 Å². The summed E-state index contributed by atoms with van der Waals surface area (Å²) in [6.07, 6.45) is 5.91. The molecule has 1 aromatic carbocycles. The number of likely N-dealkylation sites (N-methyl/N-ethyl adjacent to an activating group) is 1. The van der Waals surface area contributed by atoms with Gasteiger partial charge in [-0.1, -0.05) is 30.3 Å². The lowest BCUT2D eigenvalue weighted by molar-refractivity contribution is -0.134. The Morgan fingerprint density at radius 2 is 1.96 bits per heavy atom. The standard InChI is InChI=1S/C19H22N4O2/c1-21-12-16-8-7-15(11-17(21)24)23(16)18(25)13-22-10-9-20-19(22)14-5-3-2-4-6-14/h2-6,9-10,15-16H,7-8,11-13H2,1H3/t15-,16+/m1/s1. The van der Waals surface area contributed by atoms with E-state index in [1.54, 1.807) is 11.1 Å². The second-order valence-electron chi connectivity index (χ2n) is 6.91. The molecule has 2 bridgehead atoms. The van der Waals surface area contributed by atoms with Gasteiger partial charge in [-0.2, -0.15) is 0 Å². The van der Waals surface area contributed by atoms with Gasteiger partial charge in [0.15, 0.2) is 0 Å². The molecule has 0 aliphatic carbocycles. The number of aromatic nitrogens is 2. The van der Waals surface area contributed by atoms with Gasteiger partial charge >= 0.3 is 0 Å². The van der Waals surface area contributed by atoms with Gasteiger partial charge in [0.25, 0.3) is 0 Å². The summed E-state index contributed by atoms with van der Waals surface area (Å²) < 4.78 is 1.90. The summed E-state index contributed by atoms with van der Waals surface area (Å²) in [6.45, 7) is 0.895. The van der Waals surface area contributed by atoms with Crippen molar-refractivity contribution in [3.63, 3.8) is 0 Å². The summed E-state index contributed by atoms with van der Waals surface area (Å²) in [5.74, 6) is 1.01. The summed E-state index contributed by atoms with van der Waals surface area (Å²) in [5.41, 5.74) is 0.994. The van der Waals surface area contributed by atoms with Gasteiger partial charge in [0, 0.05) is 50.1 Å². The highest BCUT2D eigenvalue weighted by Gasteiger charge is 2.41. The Morgan fingerprint density at radius 1 is 1.20 bits per heavy atom. The third kappa shape index (κ3) is 2.92. The predicted octanol–water partition coefficient (Wildman–Crippen LogP) is 1.77. The molecule has 2 aromatic rings. The van der Waals surface area contributed by atoms with E-state index in [1.807, 2.05) is 53.0 Å². The van der Waals surface area contributed by atoms with Crippen LogP contribution >= 0.6 is 0 Å². The molecule has 0 unspecified atom stereocenters. The van der Waals surface area contributed by atoms with Crippen molar-refractivity contribution in [2.24, 2.45) is 0 Å². The molecule has 2 aliphatic heterocycles. The van der Waals surface area contributed by atoms with Crippen molar-refractivity contribution in [3.8, 4) is 11.4 Å². The summed E-state index contributed by atoms with van der Waals surface area (Å²) in [7, 11) is 1.83. The number of likely N-dealkylation sites (tertiary alicyclic amines) is 1. The van der Waals surface area contributed by atoms with E-state index in [0.717, 1.165) is 24.2 Å². The van der Waals surface area contributed by atoms with Crippen LogP contribution in [0.5, 0.6) is 0 Å². The van der Waals surface area contributed by atoms with Gasteiger partial charge in [0.1, 0.15) is 12.4 Å². The minimum Gasteiger partial charge on any atom is -0.344 e. The molecule has 0 spiro atoms. The highest BCUT2D eigenvalue weighted by Crippen LogP contribution is 2.31. The fourth-order valence-electron chi connectivity index (χ4n) is 4.04. The van der Waals surface area contributed by atoms with Crippen molar-refractivity contribution in [2.45, 2.75) is 37.9 Å². The smallest absolute Gasteiger partial charge is 0.243 e. The van der Waals surface area contributed by atoms with E-state index < -0.39 is 0 Å². The maximum atomic E-state index is 13.0. The maximum absolute atomic E-state index is 13.0. The van der Waals surface area contributed by atoms with Crippen molar-refractivity contribution in [3.05, 3.63) is 42.7 Å². The monoisotopic (exact) mass is 338 g/mol. The van der Waals surface area contributed by atoms with Gasteiger partial charge in [0.05, 0.1) is 0 Å². The molecule has 2 amide bonds. The highest BCUT2D eigenvalue weighted by molar-refractivity contribution is 5.82. The number of fused-ring (bicyclic) bond motifs is 2. The largest absolute Gasteiger partial charge is 0.344 e. The van der Waals surface area contributed by atoms with Gasteiger partial charge in [-0.3, -0.25) is 9.59 Å². The Balaban J connectivity index is 1.55. The van der Waals surface area contributed by atoms with Crippen molar-refractivity contribution in [1.29, 1.82) is 0 Å². The SMILES string of the molecule is CN1C[C@@H]2CC[C@H](CC1=O)N2C(=O)Cn1ccnc1-c1ccccc1. The molecule has 1 aromatic heterocycles. The molecule has 0 N–H and O–H groups in total. The van der Waals surface area contributed by atoms with E-state index in [1.165, 1.54) is 0 Å². The Hall–Kier alpha value is -2.63. The second-order valence-corrected chi connectivity index (χ2v) is 6.91. The third-order valence-electron chi connectivity index (χ3n) is 5.28. The lowest BCUT2D eigenvalue weighted by Crippen LogP contribution is -2.44. The van der Waals surface area contributed by atoms with Gasteiger partial charge in [-0.05, 0) is 12.8 Å². The molecule has 25 heavy (non-hydrogen) atoms. The molecular formula is C19H22N4O2. The Kier molecular flexibility index (Phi) is 4.03. The third-order valence-corrected chi connectivity index (χ3v) is 5.28. The predicted molar refractivity (Wildman–Crippen MR) is 93.6 cm³/mol. The quantitative estimate of drug-likeness (QED) is 0.857. The van der Waals surface area contributed by atoms with Crippen LogP contribution in [0.4, 0.5) is 0 Å². The first kappa shape index (κ1) is 15.9. The van der Waals surface area contributed by atoms with E-state index in [9.17, 15) is 9.59 Å². The second kappa shape index (κ2) is 6.35. The van der Waals surface area contributed by atoms with Crippen molar-refractivity contribution >= 4 is 11.8 Å². The zero-order valence-electron chi connectivity index (χ0n) is 14.3. The number of hydrogen-bond donors (Lipinski definition) is 0. The Morgan fingerprint density at radius 3 is 2.76 bits per heavy atom. The first-order chi connectivity index (χ1) is 12.1. The van der Waals surface area contributed by atoms with Gasteiger partial charge in [-0.25, -0.2) is 4.98 Å². The van der Waals surface area contributed by atoms with E-state index in [-0.39, 0.29) is 30.4 Å². The van der Waals surface area contributed by atoms with Crippen LogP contribution in [0.15, 0.2) is 42.7 Å². The van der Waals surface area contributed by atoms with Crippen LogP contribution in [-0.2, 0) is 16.1 Å². The fourth-order valence-corrected chi connectivity index (χ4v) is 4.04. The average Bonchev–Trinajstić information content (AvgIpc) is 3.19. The van der Waals surface area contributed by atoms with Gasteiger partial charge < -0.3 is 14.4 Å². The Labute approximate surface area is 147 Å². The summed E-state index contributed by atoms with van der Waals surface area (Å²) in [6, 6.07) is 10.1. The number of rotatable bonds is 3. The highest BCUT2D eigenvalue weighted by atomic mass is 16.2. The molecule has 2 saturated heterocycles. The number of benzene rings is 1. The minimum atomic E-state index is 0.0404. The first-order valence-electron chi connectivity index (χ1n) is 8.75. The molecule has 2 fully saturated rings. The molecular weight excluding hydrogens is 316 g/mol. The molecule has 6 heteroatoms. The molecule has 0 saturated carbocycles. The summed E-state index contributed by atoms with van der Waals surface area (Å²) in [4.78, 5) is 33.3. The molecule has 2 atom stereocenters. The van der Waals surface area contributed by atoms with Crippen LogP contribution in [0.3, 0.4) is 0 Å². The normalized spacial score (nSPS) is 23.0. The van der Waals surface area contributed by atoms with E-state index in [2.05, 4.69) is 4.98 Å². The number of carbonyl (C=O) groups is 2. The number of nitrogens with zero attached hydrogens (tertiary/aromatic N) is 4. The minimum absolute atomic E-state index is 0.0404. The topological polar surface area (TPSA) is 58.4 Å². The lowest BCUT2D eigenvalue weighted by atomic mass is 10.1. The van der Waals surface area contributed by atoms with E-state index in [4.69, 9.17) is 0 Å². The van der Waals surface area contributed by atoms with Crippen LogP contribution in [0, 0.1) is 0 Å². The molecule has 6 nitrogen and oxygen atoms in total. The number of amides is 2. The summed E-state index contributed by atoms with van der Waals surface area (Å²) >= 11 is 0. The molecule has 130 valence electrons. The van der Waals surface area contributed by atoms with E-state index >= 15 is 0 Å². The maximum Gasteiger partial charge on any atom is 0.243 e. The average molecular weight is 338 g/mol. The Bertz CT molecular complexity index is 786. The van der Waals surface area contributed by atoms with Crippen molar-refractivity contribution < 1.29 is 9.59 Å². The van der Waals surface area contributed by atoms with Crippen LogP contribution in [0.25, 0.3) is 11.4 Å². The van der Waals surface area contributed by atoms with Gasteiger partial charge in [-0.15, -0.1) is 0 Å². The van der Waals surface area contributed by atoms with Crippen LogP contribution in [-0.4, -0.2) is 56.8 Å². The molecule has 2 aliphatic rings. The van der Waals surface area contributed by atoms with Gasteiger partial charge in [0.2, 0.25) is 11.8 Å². The van der Waals surface area contributed by atoms with Crippen LogP contribution < -0.4 is 0 Å². The molecule has 0 radical (unpaired) electrons.